The second kappa shape index (κ2) is 6.02. The number of ether oxygens (including phenoxy) is 1. The molecule has 0 aliphatic rings. The molecule has 0 unspecified atom stereocenters. The van der Waals surface area contributed by atoms with E-state index in [9.17, 15) is 8.42 Å². The number of pyridine rings is 1. The summed E-state index contributed by atoms with van der Waals surface area (Å²) >= 11 is 0. The average Bonchev–Trinajstić information content (AvgIpc) is 2.40. The molecule has 6 heteroatoms. The van der Waals surface area contributed by atoms with Crippen LogP contribution in [0.4, 0.5) is 0 Å². The van der Waals surface area contributed by atoms with Crippen LogP contribution in [0.3, 0.4) is 0 Å². The number of primary sulfonamides is 1. The van der Waals surface area contributed by atoms with Gasteiger partial charge in [-0.05, 0) is 42.8 Å². The fraction of sp³-hybridized carbons (Fsp3) is 0.214. The van der Waals surface area contributed by atoms with Crippen molar-refractivity contribution < 1.29 is 13.2 Å². The van der Waals surface area contributed by atoms with Gasteiger partial charge in [0, 0.05) is 18.3 Å². The zero-order chi connectivity index (χ0) is 14.6. The fourth-order valence-corrected chi connectivity index (χ4v) is 2.37. The van der Waals surface area contributed by atoms with Crippen molar-refractivity contribution in [3.8, 4) is 5.75 Å². The van der Waals surface area contributed by atoms with Crippen LogP contribution in [0, 0.1) is 6.92 Å². The number of nitrogens with zero attached hydrogens (tertiary/aromatic N) is 1. The summed E-state index contributed by atoms with van der Waals surface area (Å²) in [6.45, 7) is 2.26. The third kappa shape index (κ3) is 3.79. The zero-order valence-electron chi connectivity index (χ0n) is 11.1. The Kier molecular flexibility index (Phi) is 4.36. The van der Waals surface area contributed by atoms with E-state index in [1.54, 1.807) is 19.2 Å². The number of nitrogens with two attached hydrogens (primary N) is 1. The maximum Gasteiger partial charge on any atom is 0.238 e. The first-order valence-electron chi connectivity index (χ1n) is 6.13. The van der Waals surface area contributed by atoms with Crippen LogP contribution in [0.25, 0.3) is 0 Å². The molecule has 1 aromatic heterocycles. The summed E-state index contributed by atoms with van der Waals surface area (Å²) in [6, 6.07) is 10.3. The van der Waals surface area contributed by atoms with Crippen molar-refractivity contribution in [3.63, 3.8) is 0 Å². The minimum absolute atomic E-state index is 0.0899. The summed E-state index contributed by atoms with van der Waals surface area (Å²) in [7, 11) is -3.67. The first-order valence-corrected chi connectivity index (χ1v) is 7.67. The Morgan fingerprint density at radius 3 is 2.65 bits per heavy atom. The van der Waals surface area contributed by atoms with Crippen molar-refractivity contribution in [1.82, 2.24) is 4.98 Å². The number of hydrogen-bond donors (Lipinski definition) is 1. The highest BCUT2D eigenvalue weighted by Crippen LogP contribution is 2.21. The van der Waals surface area contributed by atoms with Gasteiger partial charge in [0.2, 0.25) is 10.0 Å². The smallest absolute Gasteiger partial charge is 0.238 e. The standard InChI is InChI=1S/C14H16N2O3S/c1-11-10-13(20(15,17)18)5-6-14(11)19-9-7-12-4-2-3-8-16-12/h2-6,8,10H,7,9H2,1H3,(H2,15,17,18). The first kappa shape index (κ1) is 14.5. The molecule has 2 N–H and O–H groups in total. The molecule has 5 nitrogen and oxygen atoms in total. The van der Waals surface area contributed by atoms with Gasteiger partial charge in [0.1, 0.15) is 5.75 Å². The number of benzene rings is 1. The molecule has 0 aliphatic heterocycles. The topological polar surface area (TPSA) is 82.3 Å². The first-order chi connectivity index (χ1) is 9.47. The van der Waals surface area contributed by atoms with Crippen LogP contribution in [0.2, 0.25) is 0 Å². The largest absolute Gasteiger partial charge is 0.493 e. The van der Waals surface area contributed by atoms with Crippen molar-refractivity contribution in [2.75, 3.05) is 6.61 Å². The van der Waals surface area contributed by atoms with Crippen molar-refractivity contribution >= 4 is 10.0 Å². The molecule has 2 aromatic rings. The van der Waals surface area contributed by atoms with Crippen LogP contribution >= 0.6 is 0 Å². The Morgan fingerprint density at radius 1 is 1.25 bits per heavy atom. The summed E-state index contributed by atoms with van der Waals surface area (Å²) in [5.41, 5.74) is 1.68. The number of aromatic nitrogens is 1. The molecule has 0 amide bonds. The normalized spacial score (nSPS) is 11.3. The summed E-state index contributed by atoms with van der Waals surface area (Å²) in [5, 5.41) is 5.07. The highest BCUT2D eigenvalue weighted by atomic mass is 32.2. The van der Waals surface area contributed by atoms with E-state index in [1.165, 1.54) is 12.1 Å². The Hall–Kier alpha value is -1.92. The molecule has 1 heterocycles. The van der Waals surface area contributed by atoms with Crippen molar-refractivity contribution in [1.29, 1.82) is 0 Å². The molecule has 0 bridgehead atoms. The molecule has 106 valence electrons. The predicted molar refractivity (Wildman–Crippen MR) is 76.0 cm³/mol. The van der Waals surface area contributed by atoms with Crippen molar-refractivity contribution in [2.45, 2.75) is 18.2 Å². The lowest BCUT2D eigenvalue weighted by Gasteiger charge is -2.10. The van der Waals surface area contributed by atoms with Crippen molar-refractivity contribution in [2.24, 2.45) is 5.14 Å². The van der Waals surface area contributed by atoms with Crippen LogP contribution in [0.1, 0.15) is 11.3 Å². The van der Waals surface area contributed by atoms with E-state index in [-0.39, 0.29) is 4.90 Å². The summed E-state index contributed by atoms with van der Waals surface area (Å²) < 4.78 is 28.1. The second-order valence-corrected chi connectivity index (χ2v) is 5.95. The zero-order valence-corrected chi connectivity index (χ0v) is 11.9. The quantitative estimate of drug-likeness (QED) is 0.908. The van der Waals surface area contributed by atoms with Gasteiger partial charge in [-0.15, -0.1) is 0 Å². The lowest BCUT2D eigenvalue weighted by atomic mass is 10.2. The maximum absolute atomic E-state index is 11.2. The Balaban J connectivity index is 2.00. The van der Waals surface area contributed by atoms with E-state index < -0.39 is 10.0 Å². The summed E-state index contributed by atoms with van der Waals surface area (Å²) in [6.07, 6.45) is 2.43. The van der Waals surface area contributed by atoms with Gasteiger partial charge in [-0.1, -0.05) is 6.07 Å². The van der Waals surface area contributed by atoms with E-state index in [0.29, 0.717) is 18.8 Å². The van der Waals surface area contributed by atoms with Gasteiger partial charge < -0.3 is 4.74 Å². The molecule has 0 radical (unpaired) electrons. The SMILES string of the molecule is Cc1cc(S(N)(=O)=O)ccc1OCCc1ccccn1. The molecule has 1 aromatic carbocycles. The van der Waals surface area contributed by atoms with Crippen LogP contribution < -0.4 is 9.88 Å². The molecule has 20 heavy (non-hydrogen) atoms. The Labute approximate surface area is 118 Å². The third-order valence-electron chi connectivity index (χ3n) is 2.82. The average molecular weight is 292 g/mol. The molecular formula is C14H16N2O3S. The lowest BCUT2D eigenvalue weighted by molar-refractivity contribution is 0.318. The second-order valence-electron chi connectivity index (χ2n) is 4.39. The number of aryl methyl sites for hydroxylation is 1. The van der Waals surface area contributed by atoms with E-state index >= 15 is 0 Å². The molecule has 0 spiro atoms. The Bertz CT molecular complexity index is 685. The number of hydrogen-bond acceptors (Lipinski definition) is 4. The molecule has 0 aliphatic carbocycles. The van der Waals surface area contributed by atoms with Gasteiger partial charge in [-0.25, -0.2) is 13.6 Å². The van der Waals surface area contributed by atoms with Gasteiger partial charge in [0.15, 0.2) is 0 Å². The molecule has 0 saturated heterocycles. The monoisotopic (exact) mass is 292 g/mol. The highest BCUT2D eigenvalue weighted by molar-refractivity contribution is 7.89. The fourth-order valence-electron chi connectivity index (χ4n) is 1.77. The van der Waals surface area contributed by atoms with Crippen LogP contribution in [-0.4, -0.2) is 20.0 Å². The summed E-state index contributed by atoms with van der Waals surface area (Å²) in [5.74, 6) is 0.647. The Morgan fingerprint density at radius 2 is 2.05 bits per heavy atom. The molecular weight excluding hydrogens is 276 g/mol. The van der Waals surface area contributed by atoms with Gasteiger partial charge in [-0.3, -0.25) is 4.98 Å². The van der Waals surface area contributed by atoms with Gasteiger partial charge in [0.25, 0.3) is 0 Å². The third-order valence-corrected chi connectivity index (χ3v) is 3.73. The summed E-state index contributed by atoms with van der Waals surface area (Å²) in [4.78, 5) is 4.29. The number of rotatable bonds is 5. The van der Waals surface area contributed by atoms with Crippen LogP contribution in [0.5, 0.6) is 5.75 Å². The minimum atomic E-state index is -3.67. The molecule has 0 fully saturated rings. The van der Waals surface area contributed by atoms with Crippen molar-refractivity contribution in [3.05, 3.63) is 53.9 Å². The van der Waals surface area contributed by atoms with E-state index in [2.05, 4.69) is 4.98 Å². The van der Waals surface area contributed by atoms with Crippen LogP contribution in [-0.2, 0) is 16.4 Å². The van der Waals surface area contributed by atoms with Crippen LogP contribution in [0.15, 0.2) is 47.5 Å². The minimum Gasteiger partial charge on any atom is -0.493 e. The molecule has 0 saturated carbocycles. The van der Waals surface area contributed by atoms with E-state index in [4.69, 9.17) is 9.88 Å². The predicted octanol–water partition coefficient (Wildman–Crippen LogP) is 1.66. The molecule has 2 rings (SSSR count). The maximum atomic E-state index is 11.2. The molecule has 0 atom stereocenters. The van der Waals surface area contributed by atoms with Gasteiger partial charge in [-0.2, -0.15) is 0 Å². The van der Waals surface area contributed by atoms with E-state index in [1.807, 2.05) is 18.2 Å². The van der Waals surface area contributed by atoms with Gasteiger partial charge in [0.05, 0.1) is 11.5 Å². The lowest BCUT2D eigenvalue weighted by Crippen LogP contribution is -2.12. The van der Waals surface area contributed by atoms with Gasteiger partial charge >= 0.3 is 0 Å². The highest BCUT2D eigenvalue weighted by Gasteiger charge is 2.10. The number of sulfonamides is 1. The van der Waals surface area contributed by atoms with E-state index in [0.717, 1.165) is 11.3 Å².